The van der Waals surface area contributed by atoms with Crippen molar-refractivity contribution in [3.63, 3.8) is 0 Å². The first kappa shape index (κ1) is 24.1. The molecule has 10 heteroatoms. The maximum atomic E-state index is 13.6. The summed E-state index contributed by atoms with van der Waals surface area (Å²) in [5, 5.41) is 30.0. The number of rotatable bonds is 5. The molecule has 0 aliphatic heterocycles. The first-order valence-corrected chi connectivity index (χ1v) is 12.3. The van der Waals surface area contributed by atoms with Crippen molar-refractivity contribution < 1.29 is 18.7 Å². The van der Waals surface area contributed by atoms with Crippen LogP contribution in [0.2, 0.25) is 0 Å². The topological polar surface area (TPSA) is 115 Å². The molecule has 0 aromatic carbocycles. The molecule has 0 saturated heterocycles. The van der Waals surface area contributed by atoms with E-state index in [1.54, 1.807) is 16.6 Å². The maximum Gasteiger partial charge on any atom is 0.255 e. The first-order chi connectivity index (χ1) is 17.3. The van der Waals surface area contributed by atoms with Crippen LogP contribution in [-0.4, -0.2) is 49.7 Å². The minimum Gasteiger partial charge on any atom is -0.393 e. The number of nitriles is 1. The third-order valence-electron chi connectivity index (χ3n) is 7.10. The van der Waals surface area contributed by atoms with Gasteiger partial charge in [-0.15, -0.1) is 0 Å². The van der Waals surface area contributed by atoms with Crippen LogP contribution in [0.5, 0.6) is 0 Å². The molecule has 2 aliphatic rings. The van der Waals surface area contributed by atoms with Crippen LogP contribution in [0.3, 0.4) is 0 Å². The van der Waals surface area contributed by atoms with Gasteiger partial charge in [-0.3, -0.25) is 9.78 Å². The molecule has 0 radical (unpaired) electrons. The van der Waals surface area contributed by atoms with Gasteiger partial charge in [-0.25, -0.2) is 13.3 Å². The molecule has 3 N–H and O–H groups in total. The Kier molecular flexibility index (Phi) is 6.58. The third-order valence-corrected chi connectivity index (χ3v) is 7.10. The zero-order valence-electron chi connectivity index (χ0n) is 19.8. The number of hydrogen-bond acceptors (Lipinski definition) is 6. The highest BCUT2D eigenvalue weighted by atomic mass is 19.3. The van der Waals surface area contributed by atoms with Crippen LogP contribution in [0.15, 0.2) is 36.7 Å². The van der Waals surface area contributed by atoms with Crippen molar-refractivity contribution in [2.75, 3.05) is 5.32 Å². The van der Waals surface area contributed by atoms with Gasteiger partial charge in [0.1, 0.15) is 6.07 Å². The van der Waals surface area contributed by atoms with Gasteiger partial charge in [-0.2, -0.15) is 10.4 Å². The molecular formula is C26H28F2N6O2. The van der Waals surface area contributed by atoms with Gasteiger partial charge in [-0.1, -0.05) is 0 Å². The van der Waals surface area contributed by atoms with Crippen molar-refractivity contribution in [3.8, 4) is 17.5 Å². The molecule has 188 valence electrons. The fraction of sp³-hybridized carbons (Fsp3) is 0.462. The molecule has 3 heterocycles. The van der Waals surface area contributed by atoms with Crippen LogP contribution in [0, 0.1) is 11.3 Å². The summed E-state index contributed by atoms with van der Waals surface area (Å²) in [6, 6.07) is 8.96. The predicted molar refractivity (Wildman–Crippen MR) is 130 cm³/mol. The second-order valence-corrected chi connectivity index (χ2v) is 9.79. The van der Waals surface area contributed by atoms with Crippen LogP contribution >= 0.6 is 0 Å². The SMILES string of the molecule is N#Cc1cnn2c(-c3cc(N[C@H]4CCC[C@@H](O)C4)c(C(=O)NC4CCC(F)(F)CC4)cn3)ccc2c1. The number of fused-ring (bicyclic) bond motifs is 1. The normalized spacial score (nSPS) is 22.2. The Morgan fingerprint density at radius 1 is 1.14 bits per heavy atom. The molecule has 2 aliphatic carbocycles. The van der Waals surface area contributed by atoms with Crippen LogP contribution in [0.1, 0.15) is 67.3 Å². The van der Waals surface area contributed by atoms with Gasteiger partial charge < -0.3 is 15.7 Å². The molecular weight excluding hydrogens is 466 g/mol. The highest BCUT2D eigenvalue weighted by Crippen LogP contribution is 2.34. The van der Waals surface area contributed by atoms with E-state index in [0.717, 1.165) is 24.8 Å². The van der Waals surface area contributed by atoms with Crippen LogP contribution in [0.25, 0.3) is 16.9 Å². The number of hydrogen-bond donors (Lipinski definition) is 3. The number of amides is 1. The first-order valence-electron chi connectivity index (χ1n) is 12.3. The molecule has 1 amide bonds. The smallest absolute Gasteiger partial charge is 0.255 e. The van der Waals surface area contributed by atoms with Crippen LogP contribution in [0.4, 0.5) is 14.5 Å². The van der Waals surface area contributed by atoms with E-state index in [1.807, 2.05) is 12.1 Å². The quantitative estimate of drug-likeness (QED) is 0.487. The van der Waals surface area contributed by atoms with Crippen molar-refractivity contribution >= 4 is 17.1 Å². The number of aliphatic hydroxyl groups is 1. The summed E-state index contributed by atoms with van der Waals surface area (Å²) in [5.41, 5.74) is 3.37. The standard InChI is InChI=1S/C26H28F2N6O2/c27-26(28)8-6-17(7-9-26)33-25(36)21-15-30-23(12-22(21)32-18-2-1-3-20(35)11-18)24-5-4-19-10-16(13-29)14-31-34(19)24/h4-5,10,12,14-15,17-18,20,35H,1-3,6-9,11H2,(H,30,32)(H,33,36)/t18-,20+/m0/s1. The van der Waals surface area contributed by atoms with Crippen molar-refractivity contribution in [2.45, 2.75) is 75.5 Å². The molecule has 2 atom stereocenters. The number of aromatic nitrogens is 3. The predicted octanol–water partition coefficient (Wildman–Crippen LogP) is 4.29. The van der Waals surface area contributed by atoms with Gasteiger partial charge in [0.2, 0.25) is 5.92 Å². The van der Waals surface area contributed by atoms with Crippen LogP contribution in [-0.2, 0) is 0 Å². The number of carbonyl (C=O) groups excluding carboxylic acids is 1. The molecule has 2 fully saturated rings. The number of aliphatic hydroxyl groups excluding tert-OH is 1. The van der Waals surface area contributed by atoms with Gasteiger partial charge >= 0.3 is 0 Å². The summed E-state index contributed by atoms with van der Waals surface area (Å²) in [6.45, 7) is 0. The molecule has 0 bridgehead atoms. The van der Waals surface area contributed by atoms with Gasteiger partial charge in [0.25, 0.3) is 5.91 Å². The highest BCUT2D eigenvalue weighted by molar-refractivity contribution is 6.00. The Hall–Kier alpha value is -3.58. The summed E-state index contributed by atoms with van der Waals surface area (Å²) in [4.78, 5) is 17.7. The molecule has 0 unspecified atom stereocenters. The zero-order chi connectivity index (χ0) is 25.3. The van der Waals surface area contributed by atoms with Crippen LogP contribution < -0.4 is 10.6 Å². The monoisotopic (exact) mass is 494 g/mol. The molecule has 3 aromatic heterocycles. The van der Waals surface area contributed by atoms with Crippen molar-refractivity contribution in [3.05, 3.63) is 47.8 Å². The average molecular weight is 495 g/mol. The molecule has 0 spiro atoms. The molecule has 3 aromatic rings. The number of pyridine rings is 1. The molecule has 2 saturated carbocycles. The highest BCUT2D eigenvalue weighted by Gasteiger charge is 2.35. The summed E-state index contributed by atoms with van der Waals surface area (Å²) >= 11 is 0. The van der Waals surface area contributed by atoms with E-state index in [9.17, 15) is 18.7 Å². The van der Waals surface area contributed by atoms with Gasteiger partial charge in [0.05, 0.1) is 46.0 Å². The zero-order valence-corrected chi connectivity index (χ0v) is 19.8. The Morgan fingerprint density at radius 2 is 1.94 bits per heavy atom. The number of anilines is 1. The fourth-order valence-electron chi connectivity index (χ4n) is 5.11. The van der Waals surface area contributed by atoms with Gasteiger partial charge in [0, 0.05) is 31.1 Å². The molecule has 5 rings (SSSR count). The second kappa shape index (κ2) is 9.82. The second-order valence-electron chi connectivity index (χ2n) is 9.79. The Morgan fingerprint density at radius 3 is 2.69 bits per heavy atom. The lowest BCUT2D eigenvalue weighted by molar-refractivity contribution is -0.0399. The lowest BCUT2D eigenvalue weighted by Crippen LogP contribution is -2.40. The minimum absolute atomic E-state index is 0.00991. The molecule has 8 nitrogen and oxygen atoms in total. The summed E-state index contributed by atoms with van der Waals surface area (Å²) in [5.74, 6) is -3.03. The Balaban J connectivity index is 1.45. The minimum atomic E-state index is -2.67. The number of nitrogens with one attached hydrogen (secondary N) is 2. The van der Waals surface area contributed by atoms with E-state index in [0.29, 0.717) is 34.6 Å². The summed E-state index contributed by atoms with van der Waals surface area (Å²) in [6.07, 6.45) is 5.64. The van der Waals surface area contributed by atoms with E-state index >= 15 is 0 Å². The fourth-order valence-corrected chi connectivity index (χ4v) is 5.11. The maximum absolute atomic E-state index is 13.6. The number of halogens is 2. The Bertz CT molecular complexity index is 1310. The van der Waals surface area contributed by atoms with E-state index in [2.05, 4.69) is 26.8 Å². The van der Waals surface area contributed by atoms with E-state index in [4.69, 9.17) is 5.26 Å². The lowest BCUT2D eigenvalue weighted by Gasteiger charge is -2.30. The van der Waals surface area contributed by atoms with Crippen molar-refractivity contribution in [2.24, 2.45) is 0 Å². The van der Waals surface area contributed by atoms with Gasteiger partial charge in [-0.05, 0) is 62.8 Å². The van der Waals surface area contributed by atoms with E-state index < -0.39 is 12.0 Å². The van der Waals surface area contributed by atoms with Gasteiger partial charge in [0.15, 0.2) is 0 Å². The van der Waals surface area contributed by atoms with Crippen molar-refractivity contribution in [1.82, 2.24) is 19.9 Å². The van der Waals surface area contributed by atoms with E-state index in [-0.39, 0.29) is 43.7 Å². The summed E-state index contributed by atoms with van der Waals surface area (Å²) in [7, 11) is 0. The third kappa shape index (κ3) is 5.16. The largest absolute Gasteiger partial charge is 0.393 e. The number of alkyl halides is 2. The summed E-state index contributed by atoms with van der Waals surface area (Å²) < 4.78 is 28.8. The molecule has 36 heavy (non-hydrogen) atoms. The van der Waals surface area contributed by atoms with E-state index in [1.165, 1.54) is 12.4 Å². The number of carbonyl (C=O) groups is 1. The lowest BCUT2D eigenvalue weighted by atomic mass is 9.91. The average Bonchev–Trinajstić information content (AvgIpc) is 3.28. The Labute approximate surface area is 207 Å². The number of nitrogens with zero attached hydrogens (tertiary/aromatic N) is 4. The van der Waals surface area contributed by atoms with Crippen molar-refractivity contribution in [1.29, 1.82) is 5.26 Å².